The Hall–Kier alpha value is -1.28. The Bertz CT molecular complexity index is 620. The third-order valence-electron chi connectivity index (χ3n) is 4.10. The molecule has 3 rings (SSSR count). The van der Waals surface area contributed by atoms with E-state index in [0.29, 0.717) is 19.8 Å². The second kappa shape index (κ2) is 6.45. The number of fused-ring (bicyclic) bond motifs is 1. The van der Waals surface area contributed by atoms with E-state index >= 15 is 0 Å². The van der Waals surface area contributed by atoms with Gasteiger partial charge in [-0.25, -0.2) is 8.42 Å². The average molecular weight is 324 g/mol. The number of nitrogens with zero attached hydrogens (tertiary/aromatic N) is 2. The van der Waals surface area contributed by atoms with Crippen molar-refractivity contribution in [2.75, 3.05) is 19.8 Å². The van der Waals surface area contributed by atoms with E-state index in [1.54, 1.807) is 24.4 Å². The maximum atomic E-state index is 12.9. The van der Waals surface area contributed by atoms with Crippen molar-refractivity contribution in [3.63, 3.8) is 0 Å². The Kier molecular flexibility index (Phi) is 4.58. The molecule has 1 aromatic heterocycles. The van der Waals surface area contributed by atoms with Gasteiger partial charge < -0.3 is 9.47 Å². The molecule has 6 nitrogen and oxygen atoms in total. The topological polar surface area (TPSA) is 68.7 Å². The van der Waals surface area contributed by atoms with Crippen LogP contribution in [0, 0.1) is 0 Å². The van der Waals surface area contributed by atoms with Gasteiger partial charge in [0.05, 0.1) is 18.8 Å². The van der Waals surface area contributed by atoms with Crippen LogP contribution in [0.2, 0.25) is 0 Å². The van der Waals surface area contributed by atoms with Gasteiger partial charge in [-0.2, -0.15) is 4.31 Å². The van der Waals surface area contributed by atoms with E-state index in [1.165, 1.54) is 10.5 Å². The maximum Gasteiger partial charge on any atom is 0.245 e. The molecule has 22 heavy (non-hydrogen) atoms. The number of sulfonamides is 1. The molecule has 3 atom stereocenters. The Labute approximate surface area is 130 Å². The molecule has 0 amide bonds. The van der Waals surface area contributed by atoms with Crippen molar-refractivity contribution in [2.45, 2.75) is 36.0 Å². The van der Waals surface area contributed by atoms with Gasteiger partial charge in [-0.15, -0.1) is 6.58 Å². The highest BCUT2D eigenvalue weighted by Crippen LogP contribution is 2.34. The first kappa shape index (κ1) is 15.6. The van der Waals surface area contributed by atoms with Crippen LogP contribution in [0.5, 0.6) is 0 Å². The van der Waals surface area contributed by atoms with Crippen LogP contribution in [0.3, 0.4) is 0 Å². The molecule has 0 unspecified atom stereocenters. The Morgan fingerprint density at radius 3 is 3.14 bits per heavy atom. The van der Waals surface area contributed by atoms with Crippen molar-refractivity contribution in [1.82, 2.24) is 9.29 Å². The molecule has 3 heterocycles. The molecule has 2 aliphatic rings. The van der Waals surface area contributed by atoms with Crippen LogP contribution in [0.4, 0.5) is 0 Å². The van der Waals surface area contributed by atoms with Crippen molar-refractivity contribution in [1.29, 1.82) is 0 Å². The molecule has 0 N–H and O–H groups in total. The van der Waals surface area contributed by atoms with Crippen LogP contribution in [0.25, 0.3) is 0 Å². The van der Waals surface area contributed by atoms with Gasteiger partial charge in [0.2, 0.25) is 10.0 Å². The number of ether oxygens (including phenoxy) is 2. The van der Waals surface area contributed by atoms with Crippen LogP contribution in [-0.2, 0) is 19.5 Å². The molecule has 120 valence electrons. The van der Waals surface area contributed by atoms with Crippen molar-refractivity contribution < 1.29 is 17.9 Å². The summed E-state index contributed by atoms with van der Waals surface area (Å²) in [4.78, 5) is 4.13. The summed E-state index contributed by atoms with van der Waals surface area (Å²) in [7, 11) is -3.58. The Morgan fingerprint density at radius 2 is 2.41 bits per heavy atom. The van der Waals surface area contributed by atoms with Gasteiger partial charge in [-0.1, -0.05) is 6.08 Å². The minimum Gasteiger partial charge on any atom is -0.374 e. The summed E-state index contributed by atoms with van der Waals surface area (Å²) in [6, 6.07) is 3.02. The zero-order valence-electron chi connectivity index (χ0n) is 12.3. The van der Waals surface area contributed by atoms with E-state index in [9.17, 15) is 8.42 Å². The normalized spacial score (nSPS) is 29.2. The molecular formula is C15H20N2O4S. The predicted octanol–water partition coefficient (Wildman–Crippen LogP) is 1.20. The van der Waals surface area contributed by atoms with Gasteiger partial charge in [-0.3, -0.25) is 4.98 Å². The summed E-state index contributed by atoms with van der Waals surface area (Å²) in [5, 5.41) is 0. The smallest absolute Gasteiger partial charge is 0.245 e. The number of hydrogen-bond acceptors (Lipinski definition) is 5. The quantitative estimate of drug-likeness (QED) is 0.762. The van der Waals surface area contributed by atoms with Crippen molar-refractivity contribution in [3.05, 3.63) is 37.2 Å². The van der Waals surface area contributed by atoms with Gasteiger partial charge in [-0.05, 0) is 25.0 Å². The standard InChI is InChI=1S/C15H20N2O4S/c1-2-8-20-14-11-17(13-6-4-9-21-15(13)14)22(18,19)12-5-3-7-16-10-12/h2-3,5,7,10,13-15H,1,4,6,8-9,11H2/t13-,14+,15+/m0/s1. The van der Waals surface area contributed by atoms with Crippen molar-refractivity contribution >= 4 is 10.0 Å². The first-order valence-electron chi connectivity index (χ1n) is 7.40. The third-order valence-corrected chi connectivity index (χ3v) is 5.97. The number of hydrogen-bond donors (Lipinski definition) is 0. The predicted molar refractivity (Wildman–Crippen MR) is 80.8 cm³/mol. The molecule has 2 aliphatic heterocycles. The second-order valence-electron chi connectivity index (χ2n) is 5.47. The summed E-state index contributed by atoms with van der Waals surface area (Å²) in [5.41, 5.74) is 0. The first-order chi connectivity index (χ1) is 10.6. The largest absolute Gasteiger partial charge is 0.374 e. The summed E-state index contributed by atoms with van der Waals surface area (Å²) in [6.45, 7) is 4.98. The molecule has 0 radical (unpaired) electrons. The average Bonchev–Trinajstić information content (AvgIpc) is 2.93. The highest BCUT2D eigenvalue weighted by molar-refractivity contribution is 7.89. The van der Waals surface area contributed by atoms with Crippen molar-refractivity contribution in [2.24, 2.45) is 0 Å². The lowest BCUT2D eigenvalue weighted by Crippen LogP contribution is -2.43. The van der Waals surface area contributed by atoms with E-state index in [0.717, 1.165) is 12.8 Å². The second-order valence-corrected chi connectivity index (χ2v) is 7.36. The van der Waals surface area contributed by atoms with Crippen LogP contribution in [-0.4, -0.2) is 55.7 Å². The molecule has 0 saturated carbocycles. The fourth-order valence-corrected chi connectivity index (χ4v) is 4.76. The SMILES string of the molecule is C=CCO[C@@H]1CN(S(=O)(=O)c2cccnc2)[C@H]2CCCO[C@@H]12. The summed E-state index contributed by atoms with van der Waals surface area (Å²) in [5.74, 6) is 0. The summed E-state index contributed by atoms with van der Waals surface area (Å²) >= 11 is 0. The molecule has 0 bridgehead atoms. The van der Waals surface area contributed by atoms with E-state index in [4.69, 9.17) is 9.47 Å². The van der Waals surface area contributed by atoms with Gasteiger partial charge >= 0.3 is 0 Å². The molecular weight excluding hydrogens is 304 g/mol. The lowest BCUT2D eigenvalue weighted by Gasteiger charge is -2.31. The van der Waals surface area contributed by atoms with Gasteiger partial charge in [0, 0.05) is 25.5 Å². The molecule has 1 aromatic rings. The van der Waals surface area contributed by atoms with Gasteiger partial charge in [0.25, 0.3) is 0 Å². The Morgan fingerprint density at radius 1 is 1.55 bits per heavy atom. The molecule has 0 aliphatic carbocycles. The molecule has 0 aromatic carbocycles. The lowest BCUT2D eigenvalue weighted by molar-refractivity contribution is -0.0696. The van der Waals surface area contributed by atoms with Crippen LogP contribution < -0.4 is 0 Å². The molecule has 2 saturated heterocycles. The van der Waals surface area contributed by atoms with E-state index in [-0.39, 0.29) is 23.1 Å². The highest BCUT2D eigenvalue weighted by Gasteiger charge is 2.49. The molecule has 0 spiro atoms. The number of rotatable bonds is 5. The number of aromatic nitrogens is 1. The van der Waals surface area contributed by atoms with Gasteiger partial charge in [0.15, 0.2) is 0 Å². The number of pyridine rings is 1. The minimum absolute atomic E-state index is 0.172. The van der Waals surface area contributed by atoms with E-state index in [2.05, 4.69) is 11.6 Å². The van der Waals surface area contributed by atoms with Gasteiger partial charge in [0.1, 0.15) is 11.0 Å². The zero-order chi connectivity index (χ0) is 15.6. The monoisotopic (exact) mass is 324 g/mol. The Balaban J connectivity index is 1.88. The van der Waals surface area contributed by atoms with E-state index < -0.39 is 10.0 Å². The minimum atomic E-state index is -3.58. The first-order valence-corrected chi connectivity index (χ1v) is 8.84. The van der Waals surface area contributed by atoms with Crippen LogP contribution in [0.1, 0.15) is 12.8 Å². The molecule has 2 fully saturated rings. The fraction of sp³-hybridized carbons (Fsp3) is 0.533. The molecule has 7 heteroatoms. The fourth-order valence-electron chi connectivity index (χ4n) is 3.12. The van der Waals surface area contributed by atoms with Crippen LogP contribution >= 0.6 is 0 Å². The summed E-state index contributed by atoms with van der Waals surface area (Å²) < 4.78 is 38.8. The van der Waals surface area contributed by atoms with Crippen LogP contribution in [0.15, 0.2) is 42.1 Å². The zero-order valence-corrected chi connectivity index (χ0v) is 13.1. The third kappa shape index (κ3) is 2.81. The maximum absolute atomic E-state index is 12.9. The lowest BCUT2D eigenvalue weighted by atomic mass is 10.0. The van der Waals surface area contributed by atoms with Crippen molar-refractivity contribution in [3.8, 4) is 0 Å². The summed E-state index contributed by atoms with van der Waals surface area (Å²) in [6.07, 6.45) is 5.79. The van der Waals surface area contributed by atoms with E-state index in [1.807, 2.05) is 0 Å². The highest BCUT2D eigenvalue weighted by atomic mass is 32.2.